The standard InChI is InChI=1S/C14H13ClFNO2S/c1-20(18,19)13-8-3-2-7-12(13)17-9-10-5-4-6-11(15)14(10)16/h2-8,17H,9H2,1H3. The molecule has 0 amide bonds. The summed E-state index contributed by atoms with van der Waals surface area (Å²) in [5.74, 6) is -0.501. The molecule has 0 aliphatic carbocycles. The number of rotatable bonds is 4. The van der Waals surface area contributed by atoms with E-state index in [0.29, 0.717) is 11.3 Å². The van der Waals surface area contributed by atoms with Crippen molar-refractivity contribution < 1.29 is 12.8 Å². The van der Waals surface area contributed by atoms with Crippen LogP contribution in [0.4, 0.5) is 10.1 Å². The highest BCUT2D eigenvalue weighted by Gasteiger charge is 2.13. The molecular weight excluding hydrogens is 301 g/mol. The van der Waals surface area contributed by atoms with Crippen LogP contribution in [0.5, 0.6) is 0 Å². The molecule has 2 rings (SSSR count). The molecule has 0 radical (unpaired) electrons. The molecule has 0 spiro atoms. The van der Waals surface area contributed by atoms with Crippen molar-refractivity contribution in [3.8, 4) is 0 Å². The van der Waals surface area contributed by atoms with Crippen LogP contribution in [0.25, 0.3) is 0 Å². The maximum Gasteiger partial charge on any atom is 0.177 e. The van der Waals surface area contributed by atoms with Crippen molar-refractivity contribution in [1.82, 2.24) is 0 Å². The zero-order valence-corrected chi connectivity index (χ0v) is 12.3. The molecule has 1 N–H and O–H groups in total. The summed E-state index contributed by atoms with van der Waals surface area (Å²) in [4.78, 5) is 0.183. The van der Waals surface area contributed by atoms with Crippen LogP contribution in [0.1, 0.15) is 5.56 Å². The van der Waals surface area contributed by atoms with Crippen molar-refractivity contribution in [2.24, 2.45) is 0 Å². The number of anilines is 1. The summed E-state index contributed by atoms with van der Waals surface area (Å²) in [7, 11) is -3.34. The molecule has 0 fully saturated rings. The molecule has 106 valence electrons. The first kappa shape index (κ1) is 14.8. The number of benzene rings is 2. The van der Waals surface area contributed by atoms with Gasteiger partial charge in [0.15, 0.2) is 9.84 Å². The van der Waals surface area contributed by atoms with Crippen LogP contribution in [0, 0.1) is 5.82 Å². The van der Waals surface area contributed by atoms with Gasteiger partial charge in [-0.25, -0.2) is 12.8 Å². The maximum absolute atomic E-state index is 13.7. The Balaban J connectivity index is 2.26. The van der Waals surface area contributed by atoms with Crippen LogP contribution in [0.2, 0.25) is 5.02 Å². The van der Waals surface area contributed by atoms with Gasteiger partial charge in [0.25, 0.3) is 0 Å². The quantitative estimate of drug-likeness (QED) is 0.939. The smallest absolute Gasteiger partial charge is 0.177 e. The van der Waals surface area contributed by atoms with Crippen molar-refractivity contribution >= 4 is 27.1 Å². The van der Waals surface area contributed by atoms with Crippen molar-refractivity contribution in [2.45, 2.75) is 11.4 Å². The van der Waals surface area contributed by atoms with E-state index in [4.69, 9.17) is 11.6 Å². The van der Waals surface area contributed by atoms with Gasteiger partial charge in [-0.1, -0.05) is 35.9 Å². The fourth-order valence-electron chi connectivity index (χ4n) is 1.81. The Morgan fingerprint density at radius 1 is 1.15 bits per heavy atom. The molecule has 0 unspecified atom stereocenters. The van der Waals surface area contributed by atoms with E-state index in [2.05, 4.69) is 5.32 Å². The first-order valence-electron chi connectivity index (χ1n) is 5.85. The van der Waals surface area contributed by atoms with Gasteiger partial charge in [0.1, 0.15) is 5.82 Å². The molecular formula is C14H13ClFNO2S. The number of sulfone groups is 1. The van der Waals surface area contributed by atoms with E-state index in [1.54, 1.807) is 30.3 Å². The Morgan fingerprint density at radius 3 is 2.55 bits per heavy atom. The van der Waals surface area contributed by atoms with Gasteiger partial charge in [-0.3, -0.25) is 0 Å². The summed E-state index contributed by atoms with van der Waals surface area (Å²) >= 11 is 5.70. The summed E-state index contributed by atoms with van der Waals surface area (Å²) in [6, 6.07) is 11.2. The van der Waals surface area contributed by atoms with E-state index in [0.717, 1.165) is 6.26 Å². The molecule has 2 aromatic carbocycles. The van der Waals surface area contributed by atoms with E-state index in [-0.39, 0.29) is 16.5 Å². The van der Waals surface area contributed by atoms with Gasteiger partial charge in [0, 0.05) is 18.4 Å². The third-order valence-electron chi connectivity index (χ3n) is 2.79. The minimum absolute atomic E-state index is 0.0423. The van der Waals surface area contributed by atoms with Crippen LogP contribution in [0.3, 0.4) is 0 Å². The SMILES string of the molecule is CS(=O)(=O)c1ccccc1NCc1cccc(Cl)c1F. The Kier molecular flexibility index (Phi) is 4.30. The lowest BCUT2D eigenvalue weighted by atomic mass is 10.2. The van der Waals surface area contributed by atoms with Crippen molar-refractivity contribution in [2.75, 3.05) is 11.6 Å². The Bertz CT molecular complexity index is 732. The molecule has 0 heterocycles. The molecule has 0 atom stereocenters. The minimum Gasteiger partial charge on any atom is -0.380 e. The zero-order valence-electron chi connectivity index (χ0n) is 10.7. The Hall–Kier alpha value is -1.59. The molecule has 2 aromatic rings. The van der Waals surface area contributed by atoms with E-state index in [1.165, 1.54) is 12.1 Å². The second kappa shape index (κ2) is 5.81. The molecule has 6 heteroatoms. The highest BCUT2D eigenvalue weighted by molar-refractivity contribution is 7.90. The molecule has 0 aliphatic heterocycles. The van der Waals surface area contributed by atoms with Gasteiger partial charge in [0.2, 0.25) is 0 Å². The second-order valence-electron chi connectivity index (χ2n) is 4.33. The monoisotopic (exact) mass is 313 g/mol. The number of nitrogens with one attached hydrogen (secondary N) is 1. The zero-order chi connectivity index (χ0) is 14.8. The first-order chi connectivity index (χ1) is 9.39. The lowest BCUT2D eigenvalue weighted by Crippen LogP contribution is -2.07. The van der Waals surface area contributed by atoms with Gasteiger partial charge in [-0.2, -0.15) is 0 Å². The topological polar surface area (TPSA) is 46.2 Å². The Morgan fingerprint density at radius 2 is 1.85 bits per heavy atom. The fourth-order valence-corrected chi connectivity index (χ4v) is 2.87. The number of hydrogen-bond donors (Lipinski definition) is 1. The lowest BCUT2D eigenvalue weighted by Gasteiger charge is -2.11. The van der Waals surface area contributed by atoms with Gasteiger partial charge in [-0.05, 0) is 18.2 Å². The normalized spacial score (nSPS) is 11.3. The number of para-hydroxylation sites is 1. The largest absolute Gasteiger partial charge is 0.380 e. The van der Waals surface area contributed by atoms with E-state index in [1.807, 2.05) is 0 Å². The van der Waals surface area contributed by atoms with Gasteiger partial charge in [0.05, 0.1) is 15.6 Å². The number of hydrogen-bond acceptors (Lipinski definition) is 3. The van der Waals surface area contributed by atoms with Crippen molar-refractivity contribution in [1.29, 1.82) is 0 Å². The lowest BCUT2D eigenvalue weighted by molar-refractivity contribution is 0.602. The summed E-state index contributed by atoms with van der Waals surface area (Å²) in [6.45, 7) is 0.152. The van der Waals surface area contributed by atoms with Crippen LogP contribution in [0.15, 0.2) is 47.4 Å². The summed E-state index contributed by atoms with van der Waals surface area (Å²) < 4.78 is 37.1. The second-order valence-corrected chi connectivity index (χ2v) is 6.73. The van der Waals surface area contributed by atoms with Crippen LogP contribution < -0.4 is 5.32 Å². The van der Waals surface area contributed by atoms with E-state index < -0.39 is 15.7 Å². The summed E-state index contributed by atoms with van der Waals surface area (Å²) in [6.07, 6.45) is 1.13. The van der Waals surface area contributed by atoms with E-state index in [9.17, 15) is 12.8 Å². The third kappa shape index (κ3) is 3.29. The molecule has 0 aromatic heterocycles. The van der Waals surface area contributed by atoms with Crippen LogP contribution >= 0.6 is 11.6 Å². The predicted octanol–water partition coefficient (Wildman–Crippen LogP) is 3.49. The van der Waals surface area contributed by atoms with Crippen molar-refractivity contribution in [3.63, 3.8) is 0 Å². The van der Waals surface area contributed by atoms with Gasteiger partial charge < -0.3 is 5.32 Å². The molecule has 0 aliphatic rings. The average molecular weight is 314 g/mol. The number of halogens is 2. The minimum atomic E-state index is -3.34. The molecule has 20 heavy (non-hydrogen) atoms. The molecule has 0 saturated carbocycles. The summed E-state index contributed by atoms with van der Waals surface area (Å²) in [5.41, 5.74) is 0.815. The highest BCUT2D eigenvalue weighted by Crippen LogP contribution is 2.23. The molecule has 3 nitrogen and oxygen atoms in total. The summed E-state index contributed by atoms with van der Waals surface area (Å²) in [5, 5.41) is 2.97. The maximum atomic E-state index is 13.7. The van der Waals surface area contributed by atoms with Crippen molar-refractivity contribution in [3.05, 3.63) is 58.9 Å². The highest BCUT2D eigenvalue weighted by atomic mass is 35.5. The average Bonchev–Trinajstić information content (AvgIpc) is 2.40. The molecule has 0 bridgehead atoms. The van der Waals surface area contributed by atoms with E-state index >= 15 is 0 Å². The van der Waals surface area contributed by atoms with Crippen LogP contribution in [-0.4, -0.2) is 14.7 Å². The Labute approximate surface area is 122 Å². The van der Waals surface area contributed by atoms with Gasteiger partial charge >= 0.3 is 0 Å². The van der Waals surface area contributed by atoms with Gasteiger partial charge in [-0.15, -0.1) is 0 Å². The predicted molar refractivity (Wildman–Crippen MR) is 78.3 cm³/mol. The van der Waals surface area contributed by atoms with Crippen LogP contribution in [-0.2, 0) is 16.4 Å². The molecule has 0 saturated heterocycles. The third-order valence-corrected chi connectivity index (χ3v) is 4.23. The fraction of sp³-hybridized carbons (Fsp3) is 0.143. The first-order valence-corrected chi connectivity index (χ1v) is 8.12.